The normalized spacial score (nSPS) is 19.8. The van der Waals surface area contributed by atoms with Crippen molar-refractivity contribution in [3.8, 4) is 0 Å². The number of benzene rings is 1. The van der Waals surface area contributed by atoms with Crippen molar-refractivity contribution in [1.82, 2.24) is 20.1 Å². The molecule has 1 aliphatic heterocycles. The molecule has 21 heavy (non-hydrogen) atoms. The Morgan fingerprint density at radius 2 is 2.14 bits per heavy atom. The molecule has 1 saturated heterocycles. The van der Waals surface area contributed by atoms with Crippen molar-refractivity contribution in [2.45, 2.75) is 38.5 Å². The van der Waals surface area contributed by atoms with Crippen LogP contribution >= 0.6 is 0 Å². The zero-order valence-corrected chi connectivity index (χ0v) is 12.8. The summed E-state index contributed by atoms with van der Waals surface area (Å²) >= 11 is 0. The summed E-state index contributed by atoms with van der Waals surface area (Å²) in [7, 11) is 0. The predicted octanol–water partition coefficient (Wildman–Crippen LogP) is 2.93. The Bertz CT molecular complexity index is 549. The highest BCUT2D eigenvalue weighted by Crippen LogP contribution is 2.24. The summed E-state index contributed by atoms with van der Waals surface area (Å²) in [5.74, 6) is 2.42. The van der Waals surface area contributed by atoms with Gasteiger partial charge in [-0.2, -0.15) is 5.10 Å². The smallest absolute Gasteiger partial charge is 0.155 e. The van der Waals surface area contributed by atoms with Gasteiger partial charge >= 0.3 is 0 Å². The number of aromatic amines is 1. The van der Waals surface area contributed by atoms with Gasteiger partial charge in [-0.15, -0.1) is 0 Å². The molecule has 112 valence electrons. The number of H-pyrrole nitrogens is 1. The van der Waals surface area contributed by atoms with Gasteiger partial charge in [0.2, 0.25) is 0 Å². The first kappa shape index (κ1) is 14.3. The Morgan fingerprint density at radius 1 is 1.29 bits per heavy atom. The molecule has 3 rings (SSSR count). The molecule has 1 fully saturated rings. The van der Waals surface area contributed by atoms with Crippen LogP contribution in [-0.4, -0.2) is 39.7 Å². The molecular formula is C17H24N4. The highest BCUT2D eigenvalue weighted by Gasteiger charge is 2.23. The average Bonchev–Trinajstić information content (AvgIpc) is 2.95. The van der Waals surface area contributed by atoms with E-state index >= 15 is 0 Å². The second-order valence-corrected chi connectivity index (χ2v) is 6.01. The van der Waals surface area contributed by atoms with Gasteiger partial charge in [0.1, 0.15) is 5.82 Å². The summed E-state index contributed by atoms with van der Waals surface area (Å²) in [5, 5.41) is 7.30. The van der Waals surface area contributed by atoms with E-state index in [1.54, 1.807) is 0 Å². The van der Waals surface area contributed by atoms with Gasteiger partial charge in [0.15, 0.2) is 5.82 Å². The summed E-state index contributed by atoms with van der Waals surface area (Å²) < 4.78 is 0. The van der Waals surface area contributed by atoms with E-state index in [-0.39, 0.29) is 0 Å². The molecule has 0 unspecified atom stereocenters. The largest absolute Gasteiger partial charge is 0.303 e. The van der Waals surface area contributed by atoms with Gasteiger partial charge in [-0.25, -0.2) is 4.98 Å². The van der Waals surface area contributed by atoms with Crippen molar-refractivity contribution in [3.63, 3.8) is 0 Å². The van der Waals surface area contributed by atoms with Crippen LogP contribution in [-0.2, 0) is 6.42 Å². The third-order valence-electron chi connectivity index (χ3n) is 4.27. The second kappa shape index (κ2) is 6.85. The van der Waals surface area contributed by atoms with Crippen molar-refractivity contribution >= 4 is 0 Å². The number of aryl methyl sites for hydroxylation is 2. The molecule has 1 aliphatic rings. The Labute approximate surface area is 126 Å². The lowest BCUT2D eigenvalue weighted by Gasteiger charge is -2.31. The van der Waals surface area contributed by atoms with Gasteiger partial charge in [0, 0.05) is 12.5 Å². The number of aromatic nitrogens is 3. The van der Waals surface area contributed by atoms with Crippen LogP contribution in [0, 0.1) is 6.92 Å². The lowest BCUT2D eigenvalue weighted by atomic mass is 9.97. The van der Waals surface area contributed by atoms with Gasteiger partial charge in [-0.1, -0.05) is 30.3 Å². The van der Waals surface area contributed by atoms with Crippen LogP contribution in [0.1, 0.15) is 42.4 Å². The fourth-order valence-corrected chi connectivity index (χ4v) is 3.16. The van der Waals surface area contributed by atoms with Gasteiger partial charge in [-0.05, 0) is 51.3 Å². The van der Waals surface area contributed by atoms with E-state index in [0.717, 1.165) is 18.2 Å². The first-order chi connectivity index (χ1) is 10.3. The molecule has 4 nitrogen and oxygen atoms in total. The molecule has 0 saturated carbocycles. The summed E-state index contributed by atoms with van der Waals surface area (Å²) in [6, 6.07) is 10.8. The van der Waals surface area contributed by atoms with Gasteiger partial charge < -0.3 is 4.90 Å². The standard InChI is InChI=1S/C17H24N4/c1-14-18-17(20-19-14)16-10-6-12-21(13-16)11-5-9-15-7-3-2-4-8-15/h2-4,7-8,16H,5-6,9-13H2,1H3,(H,18,19,20)/t16-/m1/s1. The van der Waals surface area contributed by atoms with Crippen LogP contribution in [0.3, 0.4) is 0 Å². The number of nitrogens with zero attached hydrogens (tertiary/aromatic N) is 3. The van der Waals surface area contributed by atoms with Gasteiger partial charge in [0.05, 0.1) is 0 Å². The quantitative estimate of drug-likeness (QED) is 0.918. The first-order valence-corrected chi connectivity index (χ1v) is 7.96. The predicted molar refractivity (Wildman–Crippen MR) is 84.3 cm³/mol. The molecule has 2 aromatic rings. The third kappa shape index (κ3) is 3.91. The number of piperidine rings is 1. The van der Waals surface area contributed by atoms with E-state index in [1.807, 2.05) is 6.92 Å². The molecule has 1 aromatic carbocycles. The summed E-state index contributed by atoms with van der Waals surface area (Å²) in [6.07, 6.45) is 4.86. The average molecular weight is 284 g/mol. The molecule has 2 heterocycles. The molecule has 0 bridgehead atoms. The Morgan fingerprint density at radius 3 is 2.90 bits per heavy atom. The van der Waals surface area contributed by atoms with Crippen molar-refractivity contribution in [2.75, 3.05) is 19.6 Å². The number of hydrogen-bond acceptors (Lipinski definition) is 3. The summed E-state index contributed by atoms with van der Waals surface area (Å²) in [6.45, 7) is 5.46. The lowest BCUT2D eigenvalue weighted by Crippen LogP contribution is -2.35. The van der Waals surface area contributed by atoms with E-state index in [4.69, 9.17) is 0 Å². The fraction of sp³-hybridized carbons (Fsp3) is 0.529. The van der Waals surface area contributed by atoms with Gasteiger partial charge in [-0.3, -0.25) is 5.10 Å². The van der Waals surface area contributed by atoms with Crippen LogP contribution < -0.4 is 0 Å². The van der Waals surface area contributed by atoms with Gasteiger partial charge in [0.25, 0.3) is 0 Å². The third-order valence-corrected chi connectivity index (χ3v) is 4.27. The minimum absolute atomic E-state index is 0.500. The zero-order valence-electron chi connectivity index (χ0n) is 12.8. The van der Waals surface area contributed by atoms with Crippen LogP contribution in [0.15, 0.2) is 30.3 Å². The highest BCUT2D eigenvalue weighted by atomic mass is 15.2. The van der Waals surface area contributed by atoms with E-state index < -0.39 is 0 Å². The Hall–Kier alpha value is -1.68. The monoisotopic (exact) mass is 284 g/mol. The maximum absolute atomic E-state index is 4.50. The first-order valence-electron chi connectivity index (χ1n) is 7.96. The Balaban J connectivity index is 1.48. The lowest BCUT2D eigenvalue weighted by molar-refractivity contribution is 0.202. The maximum atomic E-state index is 4.50. The van der Waals surface area contributed by atoms with Crippen LogP contribution in [0.4, 0.5) is 0 Å². The SMILES string of the molecule is Cc1nc([C@@H]2CCCN(CCCc3ccccc3)C2)n[nH]1. The molecular weight excluding hydrogens is 260 g/mol. The van der Waals surface area contributed by atoms with E-state index in [1.165, 1.54) is 44.3 Å². The molecule has 1 atom stereocenters. The molecule has 1 aromatic heterocycles. The molecule has 0 amide bonds. The van der Waals surface area contributed by atoms with Crippen molar-refractivity contribution in [1.29, 1.82) is 0 Å². The molecule has 0 radical (unpaired) electrons. The number of hydrogen-bond donors (Lipinski definition) is 1. The number of likely N-dealkylation sites (tertiary alicyclic amines) is 1. The maximum Gasteiger partial charge on any atom is 0.155 e. The van der Waals surface area contributed by atoms with E-state index in [9.17, 15) is 0 Å². The van der Waals surface area contributed by atoms with Crippen molar-refractivity contribution in [3.05, 3.63) is 47.5 Å². The minimum atomic E-state index is 0.500. The number of nitrogens with one attached hydrogen (secondary N) is 1. The van der Waals surface area contributed by atoms with Crippen LogP contribution in [0.5, 0.6) is 0 Å². The Kier molecular flexibility index (Phi) is 4.65. The highest BCUT2D eigenvalue weighted by molar-refractivity contribution is 5.14. The van der Waals surface area contributed by atoms with E-state index in [0.29, 0.717) is 5.92 Å². The van der Waals surface area contributed by atoms with Crippen molar-refractivity contribution in [2.24, 2.45) is 0 Å². The second-order valence-electron chi connectivity index (χ2n) is 6.01. The minimum Gasteiger partial charge on any atom is -0.303 e. The molecule has 0 spiro atoms. The fourth-order valence-electron chi connectivity index (χ4n) is 3.16. The summed E-state index contributed by atoms with van der Waals surface area (Å²) in [5.41, 5.74) is 1.44. The zero-order chi connectivity index (χ0) is 14.5. The molecule has 1 N–H and O–H groups in total. The molecule has 4 heteroatoms. The number of rotatable bonds is 5. The topological polar surface area (TPSA) is 44.8 Å². The van der Waals surface area contributed by atoms with Crippen LogP contribution in [0.25, 0.3) is 0 Å². The van der Waals surface area contributed by atoms with Crippen LogP contribution in [0.2, 0.25) is 0 Å². The molecule has 0 aliphatic carbocycles. The van der Waals surface area contributed by atoms with Crippen molar-refractivity contribution < 1.29 is 0 Å². The van der Waals surface area contributed by atoms with E-state index in [2.05, 4.69) is 50.4 Å². The summed E-state index contributed by atoms with van der Waals surface area (Å²) in [4.78, 5) is 7.08.